The first-order chi connectivity index (χ1) is 8.18. The summed E-state index contributed by atoms with van der Waals surface area (Å²) in [5.74, 6) is -0.169. The summed E-state index contributed by atoms with van der Waals surface area (Å²) in [7, 11) is 0. The van der Waals surface area contributed by atoms with Gasteiger partial charge in [0.05, 0.1) is 22.3 Å². The van der Waals surface area contributed by atoms with Crippen LogP contribution in [0.4, 0.5) is 0 Å². The fourth-order valence-corrected chi connectivity index (χ4v) is 2.21. The highest BCUT2D eigenvalue weighted by Gasteiger charge is 2.30. The van der Waals surface area contributed by atoms with Crippen LogP contribution in [0.25, 0.3) is 0 Å². The monoisotopic (exact) mass is 316 g/mol. The van der Waals surface area contributed by atoms with Gasteiger partial charge in [-0.2, -0.15) is 5.10 Å². The van der Waals surface area contributed by atoms with Gasteiger partial charge in [-0.15, -0.1) is 0 Å². The molecule has 0 amide bonds. The summed E-state index contributed by atoms with van der Waals surface area (Å²) in [5, 5.41) is 14.3. The van der Waals surface area contributed by atoms with Crippen LogP contribution >= 0.6 is 15.9 Å². The number of carbonyl (C=O) groups is 1. The first-order valence-electron chi connectivity index (χ1n) is 6.11. The van der Waals surface area contributed by atoms with Gasteiger partial charge >= 0.3 is 0 Å². The van der Waals surface area contributed by atoms with Gasteiger partial charge in [0.25, 0.3) is 0 Å². The molecule has 18 heavy (non-hydrogen) atoms. The van der Waals surface area contributed by atoms with E-state index in [1.165, 1.54) is 0 Å². The number of Topliss-reactive ketones (excluding diaryl/α,β-unsaturated/α-hetero) is 1. The van der Waals surface area contributed by atoms with E-state index in [-0.39, 0.29) is 12.2 Å². The van der Waals surface area contributed by atoms with Crippen LogP contribution in [0.1, 0.15) is 39.1 Å². The van der Waals surface area contributed by atoms with Gasteiger partial charge in [0.2, 0.25) is 0 Å². The largest absolute Gasteiger partial charge is 0.385 e. The number of hydrogen-bond donors (Lipinski definition) is 1. The lowest BCUT2D eigenvalue weighted by Crippen LogP contribution is -2.35. The van der Waals surface area contributed by atoms with Crippen molar-refractivity contribution in [3.63, 3.8) is 0 Å². The second-order valence-electron chi connectivity index (χ2n) is 5.57. The summed E-state index contributed by atoms with van der Waals surface area (Å²) in [6.45, 7) is 10.1. The van der Waals surface area contributed by atoms with Crippen molar-refractivity contribution in [2.24, 2.45) is 5.41 Å². The first kappa shape index (κ1) is 15.4. The zero-order valence-electron chi connectivity index (χ0n) is 11.6. The summed E-state index contributed by atoms with van der Waals surface area (Å²) in [5.41, 5.74) is 1.27. The van der Waals surface area contributed by atoms with E-state index in [9.17, 15) is 9.90 Å². The molecule has 0 saturated carbocycles. The van der Waals surface area contributed by atoms with E-state index >= 15 is 0 Å². The topological polar surface area (TPSA) is 55.1 Å². The Kier molecular flexibility index (Phi) is 4.72. The Bertz CT molecular complexity index is 447. The predicted molar refractivity (Wildman–Crippen MR) is 74.5 cm³/mol. The molecule has 0 saturated heterocycles. The molecule has 0 aromatic carbocycles. The quantitative estimate of drug-likeness (QED) is 0.928. The Morgan fingerprint density at radius 2 is 2.06 bits per heavy atom. The third-order valence-corrected chi connectivity index (χ3v) is 3.95. The van der Waals surface area contributed by atoms with Crippen LogP contribution in [-0.2, 0) is 17.8 Å². The maximum Gasteiger partial charge on any atom is 0.167 e. The summed E-state index contributed by atoms with van der Waals surface area (Å²) in [6, 6.07) is 0. The number of nitrogens with zero attached hydrogens (tertiary/aromatic N) is 2. The Balaban J connectivity index is 2.95. The van der Waals surface area contributed by atoms with Crippen molar-refractivity contribution in [2.75, 3.05) is 0 Å². The van der Waals surface area contributed by atoms with Crippen LogP contribution in [0.3, 0.4) is 0 Å². The predicted octanol–water partition coefficient (Wildman–Crippen LogP) is 2.49. The number of aromatic nitrogens is 2. The molecule has 1 heterocycles. The Morgan fingerprint density at radius 3 is 2.50 bits per heavy atom. The van der Waals surface area contributed by atoms with Crippen molar-refractivity contribution in [1.82, 2.24) is 9.78 Å². The fraction of sp³-hybridized carbons (Fsp3) is 0.692. The van der Waals surface area contributed by atoms with Gasteiger partial charge in [-0.25, -0.2) is 0 Å². The summed E-state index contributed by atoms with van der Waals surface area (Å²) >= 11 is 3.45. The maximum atomic E-state index is 12.1. The molecule has 1 rings (SSSR count). The second-order valence-corrected chi connectivity index (χ2v) is 6.37. The molecule has 0 bridgehead atoms. The third kappa shape index (κ3) is 3.20. The molecule has 1 N–H and O–H groups in total. The molecule has 1 atom stereocenters. The minimum Gasteiger partial charge on any atom is -0.385 e. The molecule has 1 aromatic rings. The molecular weight excluding hydrogens is 296 g/mol. The number of carbonyl (C=O) groups excluding carboxylic acids is 1. The van der Waals surface area contributed by atoms with E-state index in [1.54, 1.807) is 4.68 Å². The van der Waals surface area contributed by atoms with Gasteiger partial charge in [0, 0.05) is 6.54 Å². The second kappa shape index (κ2) is 5.53. The minimum absolute atomic E-state index is 0.169. The molecule has 1 unspecified atom stereocenters. The summed E-state index contributed by atoms with van der Waals surface area (Å²) in [4.78, 5) is 12.1. The van der Waals surface area contributed by atoms with Crippen LogP contribution in [0, 0.1) is 12.3 Å². The lowest BCUT2D eigenvalue weighted by molar-refractivity contribution is -0.131. The van der Waals surface area contributed by atoms with Crippen LogP contribution in [-0.4, -0.2) is 26.8 Å². The lowest BCUT2D eigenvalue weighted by Gasteiger charge is -2.24. The number of hydrogen-bond acceptors (Lipinski definition) is 3. The van der Waals surface area contributed by atoms with Crippen LogP contribution in [0.5, 0.6) is 0 Å². The van der Waals surface area contributed by atoms with Crippen molar-refractivity contribution in [3.05, 3.63) is 15.9 Å². The molecule has 0 aliphatic rings. The summed E-state index contributed by atoms with van der Waals surface area (Å²) in [6.07, 6.45) is -0.752. The highest BCUT2D eigenvalue weighted by molar-refractivity contribution is 9.10. The standard InChI is InChI=1S/C13H21BrN2O2/c1-6-16-9(11(14)8(2)15-16)7-10(17)12(18)13(3,4)5/h12,18H,6-7H2,1-5H3. The highest BCUT2D eigenvalue weighted by Crippen LogP contribution is 2.25. The Labute approximate surface area is 117 Å². The number of ketones is 1. The van der Waals surface area contributed by atoms with Crippen LogP contribution < -0.4 is 0 Å². The number of aliphatic hydroxyl groups is 1. The van der Waals surface area contributed by atoms with Crippen molar-refractivity contribution in [1.29, 1.82) is 0 Å². The highest BCUT2D eigenvalue weighted by atomic mass is 79.9. The maximum absolute atomic E-state index is 12.1. The van der Waals surface area contributed by atoms with E-state index in [2.05, 4.69) is 21.0 Å². The normalized spacial score (nSPS) is 13.7. The molecule has 0 fully saturated rings. The van der Waals surface area contributed by atoms with Crippen molar-refractivity contribution >= 4 is 21.7 Å². The van der Waals surface area contributed by atoms with E-state index in [0.717, 1.165) is 15.9 Å². The Morgan fingerprint density at radius 1 is 1.50 bits per heavy atom. The number of aliphatic hydroxyl groups excluding tert-OH is 1. The minimum atomic E-state index is -0.954. The van der Waals surface area contributed by atoms with Gasteiger partial charge in [0.15, 0.2) is 5.78 Å². The first-order valence-corrected chi connectivity index (χ1v) is 6.90. The average molecular weight is 317 g/mol. The van der Waals surface area contributed by atoms with E-state index in [1.807, 2.05) is 34.6 Å². The molecule has 1 aromatic heterocycles. The van der Waals surface area contributed by atoms with Crippen LogP contribution in [0.15, 0.2) is 4.47 Å². The van der Waals surface area contributed by atoms with Gasteiger partial charge in [-0.3, -0.25) is 9.48 Å². The molecular formula is C13H21BrN2O2. The van der Waals surface area contributed by atoms with Gasteiger partial charge in [-0.05, 0) is 35.2 Å². The Hall–Kier alpha value is -0.680. The average Bonchev–Trinajstić information content (AvgIpc) is 2.54. The smallest absolute Gasteiger partial charge is 0.167 e. The number of rotatable bonds is 4. The van der Waals surface area contributed by atoms with Gasteiger partial charge < -0.3 is 5.11 Å². The third-order valence-electron chi connectivity index (χ3n) is 2.92. The molecule has 0 aliphatic carbocycles. The fourth-order valence-electron chi connectivity index (χ4n) is 1.78. The molecule has 5 heteroatoms. The lowest BCUT2D eigenvalue weighted by atomic mass is 9.85. The molecule has 0 radical (unpaired) electrons. The van der Waals surface area contributed by atoms with E-state index in [0.29, 0.717) is 6.54 Å². The molecule has 102 valence electrons. The zero-order valence-corrected chi connectivity index (χ0v) is 13.2. The molecule has 0 aliphatic heterocycles. The van der Waals surface area contributed by atoms with Crippen molar-refractivity contribution in [2.45, 2.75) is 53.7 Å². The van der Waals surface area contributed by atoms with Crippen molar-refractivity contribution in [3.8, 4) is 0 Å². The van der Waals surface area contributed by atoms with Gasteiger partial charge in [0.1, 0.15) is 6.10 Å². The SMILES string of the molecule is CCn1nc(C)c(Br)c1CC(=O)C(O)C(C)(C)C. The number of aryl methyl sites for hydroxylation is 2. The number of halogens is 1. The van der Waals surface area contributed by atoms with Crippen LogP contribution in [0.2, 0.25) is 0 Å². The zero-order chi connectivity index (χ0) is 14.1. The van der Waals surface area contributed by atoms with Gasteiger partial charge in [-0.1, -0.05) is 20.8 Å². The molecule has 0 spiro atoms. The van der Waals surface area contributed by atoms with Crippen molar-refractivity contribution < 1.29 is 9.90 Å². The summed E-state index contributed by atoms with van der Waals surface area (Å²) < 4.78 is 2.66. The van der Waals surface area contributed by atoms with E-state index in [4.69, 9.17) is 0 Å². The van der Waals surface area contributed by atoms with E-state index < -0.39 is 11.5 Å². The molecule has 4 nitrogen and oxygen atoms in total.